The first-order valence-corrected chi connectivity index (χ1v) is 6.68. The van der Waals surface area contributed by atoms with Gasteiger partial charge in [0.2, 0.25) is 0 Å². The molecule has 1 fully saturated rings. The molecule has 3 heteroatoms. The molecule has 2 atom stereocenters. The second kappa shape index (κ2) is 5.29. The van der Waals surface area contributed by atoms with Crippen LogP contribution in [0.15, 0.2) is 18.2 Å². The van der Waals surface area contributed by atoms with Crippen molar-refractivity contribution in [3.63, 3.8) is 0 Å². The molecule has 2 unspecified atom stereocenters. The molecule has 1 heterocycles. The SMILES string of the molecule is Cc1ccc(C)c(N2CC(C)N(C)CC2CO)c1. The Kier molecular flexibility index (Phi) is 3.93. The van der Waals surface area contributed by atoms with Gasteiger partial charge < -0.3 is 10.0 Å². The molecule has 0 aliphatic carbocycles. The van der Waals surface area contributed by atoms with Gasteiger partial charge in [0.05, 0.1) is 12.6 Å². The number of hydrogen-bond acceptors (Lipinski definition) is 3. The van der Waals surface area contributed by atoms with Crippen molar-refractivity contribution < 1.29 is 5.11 Å². The lowest BCUT2D eigenvalue weighted by Crippen LogP contribution is -2.57. The van der Waals surface area contributed by atoms with E-state index in [1.54, 1.807) is 0 Å². The fourth-order valence-corrected chi connectivity index (χ4v) is 2.66. The predicted octanol–water partition coefficient (Wildman–Crippen LogP) is 1.80. The van der Waals surface area contributed by atoms with Gasteiger partial charge in [-0.05, 0) is 45.0 Å². The maximum atomic E-state index is 9.62. The summed E-state index contributed by atoms with van der Waals surface area (Å²) in [7, 11) is 2.13. The van der Waals surface area contributed by atoms with E-state index < -0.39 is 0 Å². The highest BCUT2D eigenvalue weighted by atomic mass is 16.3. The molecular formula is C15H24N2O. The molecule has 1 aromatic rings. The van der Waals surface area contributed by atoms with Crippen molar-refractivity contribution >= 4 is 5.69 Å². The lowest BCUT2D eigenvalue weighted by molar-refractivity contribution is 0.155. The highest BCUT2D eigenvalue weighted by molar-refractivity contribution is 5.56. The highest BCUT2D eigenvalue weighted by Gasteiger charge is 2.29. The lowest BCUT2D eigenvalue weighted by atomic mass is 10.0. The monoisotopic (exact) mass is 248 g/mol. The summed E-state index contributed by atoms with van der Waals surface area (Å²) in [5, 5.41) is 9.62. The van der Waals surface area contributed by atoms with Crippen molar-refractivity contribution in [3.8, 4) is 0 Å². The second-order valence-electron chi connectivity index (χ2n) is 5.57. The quantitative estimate of drug-likeness (QED) is 0.864. The molecular weight excluding hydrogens is 224 g/mol. The second-order valence-corrected chi connectivity index (χ2v) is 5.57. The van der Waals surface area contributed by atoms with Crippen LogP contribution in [-0.4, -0.2) is 48.8 Å². The number of nitrogens with zero attached hydrogens (tertiary/aromatic N) is 2. The van der Waals surface area contributed by atoms with Crippen LogP contribution >= 0.6 is 0 Å². The summed E-state index contributed by atoms with van der Waals surface area (Å²) < 4.78 is 0. The molecule has 0 bridgehead atoms. The Morgan fingerprint density at radius 3 is 2.67 bits per heavy atom. The largest absolute Gasteiger partial charge is 0.394 e. The molecule has 1 aliphatic rings. The van der Waals surface area contributed by atoms with Gasteiger partial charge in [-0.1, -0.05) is 12.1 Å². The molecule has 0 spiro atoms. The van der Waals surface area contributed by atoms with E-state index in [1.165, 1.54) is 16.8 Å². The summed E-state index contributed by atoms with van der Waals surface area (Å²) >= 11 is 0. The van der Waals surface area contributed by atoms with Crippen molar-refractivity contribution in [2.75, 3.05) is 31.6 Å². The van der Waals surface area contributed by atoms with Gasteiger partial charge in [-0.15, -0.1) is 0 Å². The molecule has 0 amide bonds. The van der Waals surface area contributed by atoms with Gasteiger partial charge in [0.25, 0.3) is 0 Å². The minimum atomic E-state index is 0.201. The average molecular weight is 248 g/mol. The number of aliphatic hydroxyl groups excluding tert-OH is 1. The summed E-state index contributed by atoms with van der Waals surface area (Å²) in [5.41, 5.74) is 3.84. The number of anilines is 1. The van der Waals surface area contributed by atoms with Crippen molar-refractivity contribution in [1.82, 2.24) is 4.90 Å². The Bertz CT molecular complexity index is 419. The molecule has 1 N–H and O–H groups in total. The minimum absolute atomic E-state index is 0.201. The van der Waals surface area contributed by atoms with E-state index >= 15 is 0 Å². The van der Waals surface area contributed by atoms with Gasteiger partial charge in [0, 0.05) is 24.8 Å². The molecule has 0 saturated carbocycles. The van der Waals surface area contributed by atoms with Gasteiger partial charge in [0.15, 0.2) is 0 Å². The average Bonchev–Trinajstić information content (AvgIpc) is 2.35. The van der Waals surface area contributed by atoms with Crippen LogP contribution in [-0.2, 0) is 0 Å². The Labute approximate surface area is 110 Å². The van der Waals surface area contributed by atoms with Crippen LogP contribution in [0.3, 0.4) is 0 Å². The minimum Gasteiger partial charge on any atom is -0.394 e. The molecule has 1 saturated heterocycles. The molecule has 18 heavy (non-hydrogen) atoms. The number of benzene rings is 1. The summed E-state index contributed by atoms with van der Waals surface area (Å²) in [6, 6.07) is 7.27. The zero-order valence-corrected chi connectivity index (χ0v) is 11.8. The van der Waals surface area contributed by atoms with E-state index in [0.717, 1.165) is 13.1 Å². The van der Waals surface area contributed by atoms with Gasteiger partial charge >= 0.3 is 0 Å². The van der Waals surface area contributed by atoms with E-state index in [1.807, 2.05) is 0 Å². The standard InChI is InChI=1S/C15H24N2O/c1-11-5-6-12(2)15(7-11)17-8-13(3)16(4)9-14(17)10-18/h5-7,13-14,18H,8-10H2,1-4H3. The van der Waals surface area contributed by atoms with Crippen LogP contribution in [0.5, 0.6) is 0 Å². The van der Waals surface area contributed by atoms with Crippen LogP contribution in [0.2, 0.25) is 0 Å². The Balaban J connectivity index is 2.32. The third-order valence-electron chi connectivity index (χ3n) is 4.04. The predicted molar refractivity (Wildman–Crippen MR) is 76.2 cm³/mol. The van der Waals surface area contributed by atoms with Crippen LogP contribution in [0, 0.1) is 13.8 Å². The number of hydrogen-bond donors (Lipinski definition) is 1. The summed E-state index contributed by atoms with van der Waals surface area (Å²) in [6.45, 7) is 8.62. The molecule has 3 nitrogen and oxygen atoms in total. The van der Waals surface area contributed by atoms with Crippen LogP contribution in [0.1, 0.15) is 18.1 Å². The maximum Gasteiger partial charge on any atom is 0.0648 e. The zero-order chi connectivity index (χ0) is 13.3. The summed E-state index contributed by atoms with van der Waals surface area (Å²) in [6.07, 6.45) is 0. The first-order chi connectivity index (χ1) is 8.52. The molecule has 2 rings (SSSR count). The van der Waals surface area contributed by atoms with Crippen molar-refractivity contribution in [1.29, 1.82) is 0 Å². The number of rotatable bonds is 2. The summed E-state index contributed by atoms with van der Waals surface area (Å²) in [5.74, 6) is 0. The van der Waals surface area contributed by atoms with Gasteiger partial charge in [-0.3, -0.25) is 4.90 Å². The molecule has 100 valence electrons. The van der Waals surface area contributed by atoms with Crippen molar-refractivity contribution in [3.05, 3.63) is 29.3 Å². The number of likely N-dealkylation sites (N-methyl/N-ethyl adjacent to an activating group) is 1. The number of aryl methyl sites for hydroxylation is 2. The van der Waals surface area contributed by atoms with E-state index in [-0.39, 0.29) is 12.6 Å². The molecule has 1 aliphatic heterocycles. The smallest absolute Gasteiger partial charge is 0.0648 e. The third-order valence-corrected chi connectivity index (χ3v) is 4.04. The summed E-state index contributed by atoms with van der Waals surface area (Å²) in [4.78, 5) is 4.69. The van der Waals surface area contributed by atoms with E-state index in [0.29, 0.717) is 6.04 Å². The molecule has 1 aromatic carbocycles. The zero-order valence-electron chi connectivity index (χ0n) is 11.8. The highest BCUT2D eigenvalue weighted by Crippen LogP contribution is 2.27. The Hall–Kier alpha value is -1.06. The maximum absolute atomic E-state index is 9.62. The first-order valence-electron chi connectivity index (χ1n) is 6.68. The van der Waals surface area contributed by atoms with Gasteiger partial charge in [0.1, 0.15) is 0 Å². The van der Waals surface area contributed by atoms with E-state index in [4.69, 9.17) is 0 Å². The Morgan fingerprint density at radius 2 is 2.00 bits per heavy atom. The van der Waals surface area contributed by atoms with Crippen LogP contribution in [0.4, 0.5) is 5.69 Å². The van der Waals surface area contributed by atoms with Crippen molar-refractivity contribution in [2.45, 2.75) is 32.9 Å². The number of piperazine rings is 1. The first kappa shape index (κ1) is 13.4. The molecule has 0 radical (unpaired) electrons. The lowest BCUT2D eigenvalue weighted by Gasteiger charge is -2.45. The normalized spacial score (nSPS) is 25.5. The van der Waals surface area contributed by atoms with Crippen LogP contribution in [0.25, 0.3) is 0 Å². The number of aliphatic hydroxyl groups is 1. The fourth-order valence-electron chi connectivity index (χ4n) is 2.66. The van der Waals surface area contributed by atoms with E-state index in [2.05, 4.69) is 55.8 Å². The van der Waals surface area contributed by atoms with Gasteiger partial charge in [-0.25, -0.2) is 0 Å². The van der Waals surface area contributed by atoms with E-state index in [9.17, 15) is 5.11 Å². The third kappa shape index (κ3) is 2.52. The van der Waals surface area contributed by atoms with Crippen LogP contribution < -0.4 is 4.90 Å². The van der Waals surface area contributed by atoms with Gasteiger partial charge in [-0.2, -0.15) is 0 Å². The van der Waals surface area contributed by atoms with Crippen molar-refractivity contribution in [2.24, 2.45) is 0 Å². The fraction of sp³-hybridized carbons (Fsp3) is 0.600. The Morgan fingerprint density at radius 1 is 1.28 bits per heavy atom. The molecule has 0 aromatic heterocycles. The topological polar surface area (TPSA) is 26.7 Å².